The number of amides is 1. The number of imidazole rings is 1. The van der Waals surface area contributed by atoms with E-state index in [9.17, 15) is 4.79 Å². The molecule has 3 aromatic rings. The minimum Gasteiger partial charge on any atom is -0.449 e. The number of carbonyl (C=O) groups is 1. The van der Waals surface area contributed by atoms with Gasteiger partial charge in [0, 0.05) is 19.4 Å². The van der Waals surface area contributed by atoms with Gasteiger partial charge in [-0.2, -0.15) is 0 Å². The molecule has 0 atom stereocenters. The summed E-state index contributed by atoms with van der Waals surface area (Å²) in [6.07, 6.45) is 3.26. The quantitative estimate of drug-likeness (QED) is 0.603. The third-order valence-corrected chi connectivity index (χ3v) is 4.38. The molecule has 1 heterocycles. The lowest BCUT2D eigenvalue weighted by molar-refractivity contribution is 0.159. The average molecular weight is 367 g/mol. The fourth-order valence-corrected chi connectivity index (χ4v) is 2.97. The molecule has 3 rings (SSSR count). The van der Waals surface area contributed by atoms with Gasteiger partial charge in [-0.25, -0.2) is 9.78 Å². The van der Waals surface area contributed by atoms with E-state index in [4.69, 9.17) is 9.47 Å². The summed E-state index contributed by atoms with van der Waals surface area (Å²) in [5.41, 5.74) is 4.83. The number of H-pyrrole nitrogens is 1. The molecule has 1 N–H and O–H groups in total. The molecule has 2 aromatic carbocycles. The minimum atomic E-state index is -0.361. The molecule has 0 radical (unpaired) electrons. The number of nitrogens with zero attached hydrogens (tertiary/aromatic N) is 2. The molecule has 1 aromatic heterocycles. The number of methoxy groups -OCH3 is 1. The zero-order valence-electron chi connectivity index (χ0n) is 15.8. The van der Waals surface area contributed by atoms with Crippen molar-refractivity contribution in [3.8, 4) is 0 Å². The number of anilines is 1. The van der Waals surface area contributed by atoms with Crippen LogP contribution in [-0.2, 0) is 22.4 Å². The lowest BCUT2D eigenvalue weighted by atomic mass is 10.1. The molecule has 0 spiro atoms. The third-order valence-electron chi connectivity index (χ3n) is 4.38. The molecule has 0 fully saturated rings. The normalized spacial score (nSPS) is 10.9. The van der Waals surface area contributed by atoms with Crippen LogP contribution in [0.3, 0.4) is 0 Å². The molecule has 0 aliphatic heterocycles. The topological polar surface area (TPSA) is 67.4 Å². The lowest BCUT2D eigenvalue weighted by Crippen LogP contribution is -2.31. The van der Waals surface area contributed by atoms with Gasteiger partial charge in [-0.1, -0.05) is 24.3 Å². The second kappa shape index (κ2) is 9.19. The first-order valence-electron chi connectivity index (χ1n) is 9.15. The van der Waals surface area contributed by atoms with Gasteiger partial charge in [-0.15, -0.1) is 0 Å². The van der Waals surface area contributed by atoms with Crippen molar-refractivity contribution in [3.63, 3.8) is 0 Å². The first kappa shape index (κ1) is 18.9. The van der Waals surface area contributed by atoms with Crippen LogP contribution in [0.25, 0.3) is 11.0 Å². The molecule has 27 heavy (non-hydrogen) atoms. The predicted octanol–water partition coefficient (Wildman–Crippen LogP) is 4.31. The summed E-state index contributed by atoms with van der Waals surface area (Å²) in [7, 11) is 1.72. The minimum absolute atomic E-state index is 0.333. The molecule has 142 valence electrons. The van der Waals surface area contributed by atoms with E-state index in [0.29, 0.717) is 13.2 Å². The summed E-state index contributed by atoms with van der Waals surface area (Å²) in [5, 5.41) is 0. The van der Waals surface area contributed by atoms with E-state index in [0.717, 1.165) is 41.7 Å². The van der Waals surface area contributed by atoms with E-state index in [2.05, 4.69) is 34.2 Å². The number of aromatic nitrogens is 2. The molecule has 0 saturated heterocycles. The first-order chi connectivity index (χ1) is 13.2. The number of rotatable bonds is 8. The molecular formula is C21H25N3O3. The van der Waals surface area contributed by atoms with Gasteiger partial charge in [0.2, 0.25) is 0 Å². The molecule has 0 bridgehead atoms. The first-order valence-corrected chi connectivity index (χ1v) is 9.15. The Morgan fingerprint density at radius 2 is 1.93 bits per heavy atom. The monoisotopic (exact) mass is 367 g/mol. The molecular weight excluding hydrogens is 342 g/mol. The average Bonchev–Trinajstić information content (AvgIpc) is 3.15. The highest BCUT2D eigenvalue weighted by atomic mass is 16.6. The van der Waals surface area contributed by atoms with Crippen LogP contribution in [0.1, 0.15) is 24.5 Å². The van der Waals surface area contributed by atoms with Crippen LogP contribution in [0.2, 0.25) is 0 Å². The van der Waals surface area contributed by atoms with Crippen molar-refractivity contribution < 1.29 is 14.3 Å². The number of ether oxygens (including phenoxy) is 2. The summed E-state index contributed by atoms with van der Waals surface area (Å²) >= 11 is 0. The van der Waals surface area contributed by atoms with Crippen LogP contribution in [0.15, 0.2) is 48.8 Å². The summed E-state index contributed by atoms with van der Waals surface area (Å²) in [5.74, 6) is 0. The van der Waals surface area contributed by atoms with Crippen LogP contribution in [0.5, 0.6) is 0 Å². The van der Waals surface area contributed by atoms with E-state index in [1.807, 2.05) is 25.1 Å². The number of fused-ring (bicyclic) bond motifs is 1. The van der Waals surface area contributed by atoms with Crippen molar-refractivity contribution in [3.05, 3.63) is 59.9 Å². The number of aromatic amines is 1. The van der Waals surface area contributed by atoms with Gasteiger partial charge in [-0.05, 0) is 49.1 Å². The summed E-state index contributed by atoms with van der Waals surface area (Å²) in [4.78, 5) is 21.5. The lowest BCUT2D eigenvalue weighted by Gasteiger charge is -2.22. The summed E-state index contributed by atoms with van der Waals surface area (Å²) < 4.78 is 10.4. The van der Waals surface area contributed by atoms with Crippen LogP contribution in [-0.4, -0.2) is 36.4 Å². The van der Waals surface area contributed by atoms with E-state index >= 15 is 0 Å². The third kappa shape index (κ3) is 4.86. The Bertz CT molecular complexity index is 874. The van der Waals surface area contributed by atoms with E-state index in [1.165, 1.54) is 5.56 Å². The second-order valence-electron chi connectivity index (χ2n) is 6.30. The molecule has 6 heteroatoms. The number of nitrogens with one attached hydrogen (secondary N) is 1. The fourth-order valence-electron chi connectivity index (χ4n) is 2.97. The fraction of sp³-hybridized carbons (Fsp3) is 0.333. The maximum absolute atomic E-state index is 12.5. The maximum Gasteiger partial charge on any atom is 0.414 e. The zero-order valence-corrected chi connectivity index (χ0v) is 15.8. The zero-order chi connectivity index (χ0) is 19.1. The van der Waals surface area contributed by atoms with Crippen LogP contribution >= 0.6 is 0 Å². The SMILES string of the molecule is CCOC(=O)N(Cc1ccc(CCCOC)cc1)c1ccc2nc[nH]c2c1. The Morgan fingerprint density at radius 3 is 2.67 bits per heavy atom. The highest BCUT2D eigenvalue weighted by Crippen LogP contribution is 2.23. The molecule has 0 saturated carbocycles. The summed E-state index contributed by atoms with van der Waals surface area (Å²) in [6.45, 7) is 3.34. The Morgan fingerprint density at radius 1 is 1.15 bits per heavy atom. The van der Waals surface area contributed by atoms with Crippen LogP contribution in [0, 0.1) is 0 Å². The maximum atomic E-state index is 12.5. The van der Waals surface area contributed by atoms with Crippen LogP contribution in [0.4, 0.5) is 10.5 Å². The Kier molecular flexibility index (Phi) is 6.44. The Labute approximate surface area is 159 Å². The van der Waals surface area contributed by atoms with Crippen molar-refractivity contribution in [2.75, 3.05) is 25.2 Å². The van der Waals surface area contributed by atoms with Crippen LogP contribution < -0.4 is 4.90 Å². The van der Waals surface area contributed by atoms with E-state index in [1.54, 1.807) is 18.3 Å². The van der Waals surface area contributed by atoms with Crippen molar-refractivity contribution in [1.29, 1.82) is 0 Å². The number of hydrogen-bond donors (Lipinski definition) is 1. The van der Waals surface area contributed by atoms with Crippen molar-refractivity contribution in [2.45, 2.75) is 26.3 Å². The largest absolute Gasteiger partial charge is 0.449 e. The standard InChI is InChI=1S/C21H25N3O3/c1-3-27-21(25)24(18-10-11-19-20(13-18)23-15-22-19)14-17-8-6-16(7-9-17)5-4-12-26-2/h6-11,13,15H,3-5,12,14H2,1-2H3,(H,22,23). The van der Waals surface area contributed by atoms with Gasteiger partial charge in [0.25, 0.3) is 0 Å². The molecule has 0 aliphatic rings. The van der Waals surface area contributed by atoms with Crippen molar-refractivity contribution in [1.82, 2.24) is 9.97 Å². The highest BCUT2D eigenvalue weighted by molar-refractivity contribution is 5.90. The molecule has 1 amide bonds. The van der Waals surface area contributed by atoms with Gasteiger partial charge in [0.1, 0.15) is 0 Å². The smallest absolute Gasteiger partial charge is 0.414 e. The number of aryl methyl sites for hydroxylation is 1. The van der Waals surface area contributed by atoms with E-state index in [-0.39, 0.29) is 6.09 Å². The highest BCUT2D eigenvalue weighted by Gasteiger charge is 2.18. The number of benzene rings is 2. The van der Waals surface area contributed by atoms with Crippen molar-refractivity contribution >= 4 is 22.8 Å². The predicted molar refractivity (Wildman–Crippen MR) is 106 cm³/mol. The van der Waals surface area contributed by atoms with Gasteiger partial charge < -0.3 is 14.5 Å². The van der Waals surface area contributed by atoms with Gasteiger partial charge in [0.05, 0.1) is 30.5 Å². The van der Waals surface area contributed by atoms with Gasteiger partial charge in [0.15, 0.2) is 0 Å². The molecule has 0 aliphatic carbocycles. The Balaban J connectivity index is 1.78. The van der Waals surface area contributed by atoms with Gasteiger partial charge in [-0.3, -0.25) is 4.90 Å². The van der Waals surface area contributed by atoms with Crippen molar-refractivity contribution in [2.24, 2.45) is 0 Å². The second-order valence-corrected chi connectivity index (χ2v) is 6.30. The molecule has 0 unspecified atom stereocenters. The Hall–Kier alpha value is -2.86. The van der Waals surface area contributed by atoms with Gasteiger partial charge >= 0.3 is 6.09 Å². The molecule has 6 nitrogen and oxygen atoms in total. The van der Waals surface area contributed by atoms with E-state index < -0.39 is 0 Å². The summed E-state index contributed by atoms with van der Waals surface area (Å²) in [6, 6.07) is 14.0. The number of hydrogen-bond acceptors (Lipinski definition) is 4. The number of carbonyl (C=O) groups excluding carboxylic acids is 1.